The number of carbonyl (C=O) groups is 1. The Morgan fingerprint density at radius 2 is 1.90 bits per heavy atom. The summed E-state index contributed by atoms with van der Waals surface area (Å²) in [5, 5.41) is 3.98. The maximum absolute atomic E-state index is 12.1. The molecule has 0 saturated carbocycles. The standard InChI is InChI=1S/C18H16N2O/c1-13-5-4-7-15(11-13)20-18(21)12-16-10-9-14-6-2-3-8-17(14)19-16/h2-11H,12H2,1H3,(H,20,21). The third-order valence-electron chi connectivity index (χ3n) is 3.30. The van der Waals surface area contributed by atoms with Gasteiger partial charge in [0, 0.05) is 11.1 Å². The Hall–Kier alpha value is -2.68. The lowest BCUT2D eigenvalue weighted by atomic mass is 10.1. The van der Waals surface area contributed by atoms with Crippen LogP contribution in [-0.4, -0.2) is 10.9 Å². The lowest BCUT2D eigenvalue weighted by Gasteiger charge is -2.06. The molecule has 21 heavy (non-hydrogen) atoms. The third-order valence-corrected chi connectivity index (χ3v) is 3.30. The van der Waals surface area contributed by atoms with Crippen LogP contribution in [0.2, 0.25) is 0 Å². The van der Waals surface area contributed by atoms with E-state index in [4.69, 9.17) is 0 Å². The predicted molar refractivity (Wildman–Crippen MR) is 85.3 cm³/mol. The smallest absolute Gasteiger partial charge is 0.230 e. The van der Waals surface area contributed by atoms with Gasteiger partial charge in [-0.1, -0.05) is 36.4 Å². The van der Waals surface area contributed by atoms with E-state index < -0.39 is 0 Å². The summed E-state index contributed by atoms with van der Waals surface area (Å²) in [5.41, 5.74) is 3.63. The lowest BCUT2D eigenvalue weighted by Crippen LogP contribution is -2.15. The van der Waals surface area contributed by atoms with Crippen molar-refractivity contribution in [2.24, 2.45) is 0 Å². The molecule has 3 rings (SSSR count). The summed E-state index contributed by atoms with van der Waals surface area (Å²) in [5.74, 6) is -0.0524. The number of nitrogens with zero attached hydrogens (tertiary/aromatic N) is 1. The van der Waals surface area contributed by atoms with Gasteiger partial charge < -0.3 is 5.32 Å². The molecular formula is C18H16N2O. The van der Waals surface area contributed by atoms with E-state index in [-0.39, 0.29) is 12.3 Å². The van der Waals surface area contributed by atoms with Crippen molar-refractivity contribution in [1.82, 2.24) is 4.98 Å². The van der Waals surface area contributed by atoms with E-state index in [0.717, 1.165) is 27.8 Å². The molecule has 0 saturated heterocycles. The van der Waals surface area contributed by atoms with Crippen molar-refractivity contribution in [2.45, 2.75) is 13.3 Å². The molecule has 0 aliphatic carbocycles. The SMILES string of the molecule is Cc1cccc(NC(=O)Cc2ccc3ccccc3n2)c1. The molecule has 0 aliphatic rings. The molecule has 0 radical (unpaired) electrons. The Kier molecular flexibility index (Phi) is 3.65. The van der Waals surface area contributed by atoms with Crippen molar-refractivity contribution in [3.05, 3.63) is 71.9 Å². The Labute approximate surface area is 123 Å². The van der Waals surface area contributed by atoms with Crippen molar-refractivity contribution in [3.63, 3.8) is 0 Å². The molecule has 3 heteroatoms. The van der Waals surface area contributed by atoms with Crippen molar-refractivity contribution in [1.29, 1.82) is 0 Å². The molecule has 2 aromatic carbocycles. The number of para-hydroxylation sites is 1. The third kappa shape index (κ3) is 3.26. The Morgan fingerprint density at radius 3 is 2.76 bits per heavy atom. The second-order valence-corrected chi connectivity index (χ2v) is 5.09. The van der Waals surface area contributed by atoms with Gasteiger partial charge in [-0.25, -0.2) is 0 Å². The van der Waals surface area contributed by atoms with E-state index in [1.54, 1.807) is 0 Å². The van der Waals surface area contributed by atoms with Gasteiger partial charge in [0.05, 0.1) is 17.6 Å². The molecule has 0 bridgehead atoms. The van der Waals surface area contributed by atoms with Crippen LogP contribution in [0.3, 0.4) is 0 Å². The maximum atomic E-state index is 12.1. The highest BCUT2D eigenvalue weighted by Crippen LogP contribution is 2.13. The summed E-state index contributed by atoms with van der Waals surface area (Å²) in [6.07, 6.45) is 0.277. The van der Waals surface area contributed by atoms with E-state index in [1.165, 1.54) is 0 Å². The number of pyridine rings is 1. The van der Waals surface area contributed by atoms with E-state index in [0.29, 0.717) is 0 Å². The number of benzene rings is 2. The average Bonchev–Trinajstić information content (AvgIpc) is 2.47. The highest BCUT2D eigenvalue weighted by atomic mass is 16.1. The van der Waals surface area contributed by atoms with Crippen molar-refractivity contribution < 1.29 is 4.79 Å². The summed E-state index contributed by atoms with van der Waals surface area (Å²) in [4.78, 5) is 16.6. The molecular weight excluding hydrogens is 260 g/mol. The number of fused-ring (bicyclic) bond motifs is 1. The minimum Gasteiger partial charge on any atom is -0.326 e. The van der Waals surface area contributed by atoms with Gasteiger partial charge in [-0.15, -0.1) is 0 Å². The number of rotatable bonds is 3. The number of anilines is 1. The fourth-order valence-electron chi connectivity index (χ4n) is 2.30. The maximum Gasteiger partial charge on any atom is 0.230 e. The number of hydrogen-bond donors (Lipinski definition) is 1. The zero-order valence-electron chi connectivity index (χ0n) is 11.8. The van der Waals surface area contributed by atoms with E-state index in [1.807, 2.05) is 67.6 Å². The van der Waals surface area contributed by atoms with Crippen LogP contribution in [0.5, 0.6) is 0 Å². The summed E-state index contributed by atoms with van der Waals surface area (Å²) in [7, 11) is 0. The first-order valence-corrected chi connectivity index (χ1v) is 6.92. The van der Waals surface area contributed by atoms with Gasteiger partial charge in [-0.2, -0.15) is 0 Å². The first-order chi connectivity index (χ1) is 10.2. The molecule has 1 N–H and O–H groups in total. The van der Waals surface area contributed by atoms with Crippen molar-refractivity contribution >= 4 is 22.5 Å². The highest BCUT2D eigenvalue weighted by molar-refractivity contribution is 5.92. The fraction of sp³-hybridized carbons (Fsp3) is 0.111. The number of hydrogen-bond acceptors (Lipinski definition) is 2. The van der Waals surface area contributed by atoms with Crippen LogP contribution >= 0.6 is 0 Å². The highest BCUT2D eigenvalue weighted by Gasteiger charge is 2.06. The van der Waals surface area contributed by atoms with Gasteiger partial charge in [0.15, 0.2) is 0 Å². The molecule has 3 nitrogen and oxygen atoms in total. The molecule has 0 aliphatic heterocycles. The molecule has 0 unspecified atom stereocenters. The van der Waals surface area contributed by atoms with Gasteiger partial charge in [-0.05, 0) is 36.8 Å². The molecule has 1 heterocycles. The molecule has 0 spiro atoms. The summed E-state index contributed by atoms with van der Waals surface area (Å²) < 4.78 is 0. The minimum atomic E-state index is -0.0524. The molecule has 104 valence electrons. The Bertz CT molecular complexity index is 796. The second-order valence-electron chi connectivity index (χ2n) is 5.09. The second kappa shape index (κ2) is 5.75. The zero-order valence-corrected chi connectivity index (χ0v) is 11.8. The Balaban J connectivity index is 1.74. The summed E-state index contributed by atoms with van der Waals surface area (Å²) in [6, 6.07) is 19.6. The van der Waals surface area contributed by atoms with Crippen LogP contribution in [0.4, 0.5) is 5.69 Å². The van der Waals surface area contributed by atoms with Crippen LogP contribution < -0.4 is 5.32 Å². The molecule has 1 aromatic heterocycles. The molecule has 0 fully saturated rings. The zero-order chi connectivity index (χ0) is 14.7. The first kappa shape index (κ1) is 13.3. The lowest BCUT2D eigenvalue weighted by molar-refractivity contribution is -0.115. The summed E-state index contributed by atoms with van der Waals surface area (Å²) in [6.45, 7) is 2.00. The number of aryl methyl sites for hydroxylation is 1. The van der Waals surface area contributed by atoms with E-state index in [2.05, 4.69) is 10.3 Å². The van der Waals surface area contributed by atoms with Crippen LogP contribution in [0.1, 0.15) is 11.3 Å². The van der Waals surface area contributed by atoms with Crippen molar-refractivity contribution in [3.8, 4) is 0 Å². The summed E-state index contributed by atoms with van der Waals surface area (Å²) >= 11 is 0. The molecule has 1 amide bonds. The average molecular weight is 276 g/mol. The Morgan fingerprint density at radius 1 is 1.05 bits per heavy atom. The van der Waals surface area contributed by atoms with Gasteiger partial charge in [0.1, 0.15) is 0 Å². The van der Waals surface area contributed by atoms with Crippen LogP contribution in [0.25, 0.3) is 10.9 Å². The topological polar surface area (TPSA) is 42.0 Å². The normalized spacial score (nSPS) is 10.5. The largest absolute Gasteiger partial charge is 0.326 e. The quantitative estimate of drug-likeness (QED) is 0.792. The van der Waals surface area contributed by atoms with Crippen molar-refractivity contribution in [2.75, 3.05) is 5.32 Å². The monoisotopic (exact) mass is 276 g/mol. The number of amides is 1. The van der Waals surface area contributed by atoms with Gasteiger partial charge in [-0.3, -0.25) is 9.78 Å². The first-order valence-electron chi connectivity index (χ1n) is 6.92. The van der Waals surface area contributed by atoms with E-state index in [9.17, 15) is 4.79 Å². The van der Waals surface area contributed by atoms with Gasteiger partial charge in [0.2, 0.25) is 5.91 Å². The minimum absolute atomic E-state index is 0.0524. The molecule has 3 aromatic rings. The number of carbonyl (C=O) groups excluding carboxylic acids is 1. The van der Waals surface area contributed by atoms with E-state index >= 15 is 0 Å². The number of nitrogens with one attached hydrogen (secondary N) is 1. The number of aromatic nitrogens is 1. The van der Waals surface area contributed by atoms with Gasteiger partial charge >= 0.3 is 0 Å². The predicted octanol–water partition coefficient (Wildman–Crippen LogP) is 3.72. The fourth-order valence-corrected chi connectivity index (χ4v) is 2.30. The molecule has 0 atom stereocenters. The van der Waals surface area contributed by atoms with Crippen LogP contribution in [0.15, 0.2) is 60.7 Å². The van der Waals surface area contributed by atoms with Crippen LogP contribution in [-0.2, 0) is 11.2 Å². The van der Waals surface area contributed by atoms with Gasteiger partial charge in [0.25, 0.3) is 0 Å². The van der Waals surface area contributed by atoms with Crippen LogP contribution in [0, 0.1) is 6.92 Å².